The number of piperidine rings is 1. The maximum atomic E-state index is 12.5. The summed E-state index contributed by atoms with van der Waals surface area (Å²) in [6.07, 6.45) is 2.06. The van der Waals surface area contributed by atoms with Crippen molar-refractivity contribution in [2.45, 2.75) is 32.3 Å². The van der Waals surface area contributed by atoms with Crippen LogP contribution in [0.3, 0.4) is 0 Å². The SMILES string of the molecule is CC(C)(OC(=O)c1ccc(Oc2ccccc2)cc1)C1CCNCC1. The van der Waals surface area contributed by atoms with Crippen LogP contribution in [0.25, 0.3) is 0 Å². The lowest BCUT2D eigenvalue weighted by molar-refractivity contribution is -0.0368. The summed E-state index contributed by atoms with van der Waals surface area (Å²) in [5.74, 6) is 1.57. The van der Waals surface area contributed by atoms with Gasteiger partial charge in [0.15, 0.2) is 0 Å². The van der Waals surface area contributed by atoms with Gasteiger partial charge in [-0.2, -0.15) is 0 Å². The van der Waals surface area contributed by atoms with E-state index in [-0.39, 0.29) is 5.97 Å². The van der Waals surface area contributed by atoms with Gasteiger partial charge in [-0.15, -0.1) is 0 Å². The van der Waals surface area contributed by atoms with Crippen molar-refractivity contribution >= 4 is 5.97 Å². The molecule has 1 fully saturated rings. The first-order valence-electron chi connectivity index (χ1n) is 8.81. The maximum absolute atomic E-state index is 12.5. The van der Waals surface area contributed by atoms with E-state index in [2.05, 4.69) is 5.32 Å². The summed E-state index contributed by atoms with van der Waals surface area (Å²) in [6.45, 7) is 5.98. The van der Waals surface area contributed by atoms with Gasteiger partial charge in [-0.1, -0.05) is 18.2 Å². The van der Waals surface area contributed by atoms with Gasteiger partial charge >= 0.3 is 5.97 Å². The Morgan fingerprint density at radius 2 is 1.56 bits per heavy atom. The molecule has 132 valence electrons. The molecule has 25 heavy (non-hydrogen) atoms. The van der Waals surface area contributed by atoms with Gasteiger partial charge in [-0.05, 0) is 76.2 Å². The Labute approximate surface area is 149 Å². The molecule has 1 N–H and O–H groups in total. The molecule has 1 saturated heterocycles. The summed E-state index contributed by atoms with van der Waals surface area (Å²) in [4.78, 5) is 12.5. The van der Waals surface area contributed by atoms with Crippen molar-refractivity contribution in [3.8, 4) is 11.5 Å². The van der Waals surface area contributed by atoms with E-state index in [0.29, 0.717) is 17.2 Å². The zero-order chi connectivity index (χ0) is 17.7. The van der Waals surface area contributed by atoms with Crippen LogP contribution in [0.4, 0.5) is 0 Å². The maximum Gasteiger partial charge on any atom is 0.338 e. The first-order valence-corrected chi connectivity index (χ1v) is 8.81. The monoisotopic (exact) mass is 339 g/mol. The molecule has 0 saturated carbocycles. The third-order valence-corrected chi connectivity index (χ3v) is 4.75. The number of ether oxygens (including phenoxy) is 2. The third-order valence-electron chi connectivity index (χ3n) is 4.75. The molecule has 1 aliphatic heterocycles. The molecular formula is C21H25NO3. The van der Waals surface area contributed by atoms with Crippen LogP contribution in [0.5, 0.6) is 11.5 Å². The average molecular weight is 339 g/mol. The number of hydrogen-bond donors (Lipinski definition) is 1. The minimum absolute atomic E-state index is 0.283. The van der Waals surface area contributed by atoms with Crippen LogP contribution in [-0.4, -0.2) is 24.7 Å². The molecular weight excluding hydrogens is 314 g/mol. The number of carbonyl (C=O) groups excluding carboxylic acids is 1. The quantitative estimate of drug-likeness (QED) is 0.820. The van der Waals surface area contributed by atoms with E-state index < -0.39 is 5.60 Å². The second-order valence-corrected chi connectivity index (χ2v) is 6.96. The lowest BCUT2D eigenvalue weighted by atomic mass is 9.83. The van der Waals surface area contributed by atoms with Gasteiger partial charge in [-0.3, -0.25) is 0 Å². The first-order chi connectivity index (χ1) is 12.0. The molecule has 0 amide bonds. The van der Waals surface area contributed by atoms with E-state index in [4.69, 9.17) is 9.47 Å². The van der Waals surface area contributed by atoms with Gasteiger partial charge < -0.3 is 14.8 Å². The Morgan fingerprint density at radius 1 is 0.960 bits per heavy atom. The Hall–Kier alpha value is -2.33. The van der Waals surface area contributed by atoms with E-state index >= 15 is 0 Å². The Kier molecular flexibility index (Phi) is 5.39. The molecule has 0 unspecified atom stereocenters. The number of esters is 1. The number of carbonyl (C=O) groups is 1. The van der Waals surface area contributed by atoms with E-state index in [1.165, 1.54) is 0 Å². The number of para-hydroxylation sites is 1. The first kappa shape index (κ1) is 17.5. The standard InChI is InChI=1S/C21H25NO3/c1-21(2,17-12-14-22-15-13-17)25-20(23)16-8-10-19(11-9-16)24-18-6-4-3-5-7-18/h3-11,17,22H,12-15H2,1-2H3. The van der Waals surface area contributed by atoms with Gasteiger partial charge in [0.25, 0.3) is 0 Å². The van der Waals surface area contributed by atoms with Crippen molar-refractivity contribution in [2.75, 3.05) is 13.1 Å². The van der Waals surface area contributed by atoms with Crippen molar-refractivity contribution in [1.82, 2.24) is 5.32 Å². The smallest absolute Gasteiger partial charge is 0.338 e. The van der Waals surface area contributed by atoms with Crippen LogP contribution in [0.15, 0.2) is 54.6 Å². The zero-order valence-electron chi connectivity index (χ0n) is 14.8. The fourth-order valence-corrected chi connectivity index (χ4v) is 3.18. The van der Waals surface area contributed by atoms with Gasteiger partial charge in [0.1, 0.15) is 17.1 Å². The highest BCUT2D eigenvalue weighted by molar-refractivity contribution is 5.89. The summed E-state index contributed by atoms with van der Waals surface area (Å²) in [5, 5.41) is 3.34. The molecule has 0 spiro atoms. The molecule has 2 aromatic rings. The molecule has 0 radical (unpaired) electrons. The van der Waals surface area contributed by atoms with Crippen LogP contribution in [0.1, 0.15) is 37.0 Å². The minimum Gasteiger partial charge on any atom is -0.457 e. The molecule has 2 aromatic carbocycles. The Morgan fingerprint density at radius 3 is 2.20 bits per heavy atom. The Balaban J connectivity index is 1.62. The second kappa shape index (κ2) is 7.70. The summed E-state index contributed by atoms with van der Waals surface area (Å²) in [7, 11) is 0. The third kappa shape index (κ3) is 4.60. The summed E-state index contributed by atoms with van der Waals surface area (Å²) in [5.41, 5.74) is 0.0840. The lowest BCUT2D eigenvalue weighted by Gasteiger charge is -2.36. The average Bonchev–Trinajstić information content (AvgIpc) is 2.63. The van der Waals surface area contributed by atoms with Crippen LogP contribution in [0.2, 0.25) is 0 Å². The van der Waals surface area contributed by atoms with Crippen molar-refractivity contribution in [3.05, 3.63) is 60.2 Å². The van der Waals surface area contributed by atoms with Crippen LogP contribution in [-0.2, 0) is 4.74 Å². The molecule has 4 heteroatoms. The number of nitrogens with one attached hydrogen (secondary N) is 1. The molecule has 0 atom stereocenters. The van der Waals surface area contributed by atoms with Crippen molar-refractivity contribution in [2.24, 2.45) is 5.92 Å². The molecule has 0 bridgehead atoms. The fraction of sp³-hybridized carbons (Fsp3) is 0.381. The zero-order valence-corrected chi connectivity index (χ0v) is 14.8. The highest BCUT2D eigenvalue weighted by atomic mass is 16.6. The number of rotatable bonds is 5. The van der Waals surface area contributed by atoms with Gasteiger partial charge in [0.2, 0.25) is 0 Å². The predicted molar refractivity (Wildman–Crippen MR) is 98.0 cm³/mol. The Bertz CT molecular complexity index is 689. The summed E-state index contributed by atoms with van der Waals surface area (Å²) in [6, 6.07) is 16.7. The van der Waals surface area contributed by atoms with Crippen LogP contribution in [0, 0.1) is 5.92 Å². The van der Waals surface area contributed by atoms with Crippen molar-refractivity contribution < 1.29 is 14.3 Å². The molecule has 0 aliphatic carbocycles. The summed E-state index contributed by atoms with van der Waals surface area (Å²) >= 11 is 0. The molecule has 3 rings (SSSR count). The van der Waals surface area contributed by atoms with Gasteiger partial charge in [0, 0.05) is 5.92 Å². The van der Waals surface area contributed by atoms with Gasteiger partial charge in [0.05, 0.1) is 5.56 Å². The predicted octanol–water partition coefficient (Wildman–Crippen LogP) is 4.41. The fourth-order valence-electron chi connectivity index (χ4n) is 3.18. The molecule has 1 heterocycles. The molecule has 0 aromatic heterocycles. The van der Waals surface area contributed by atoms with E-state index in [9.17, 15) is 4.79 Å². The molecule has 1 aliphatic rings. The highest BCUT2D eigenvalue weighted by Crippen LogP contribution is 2.30. The largest absolute Gasteiger partial charge is 0.457 e. The summed E-state index contributed by atoms with van der Waals surface area (Å²) < 4.78 is 11.6. The second-order valence-electron chi connectivity index (χ2n) is 6.96. The number of hydrogen-bond acceptors (Lipinski definition) is 4. The van der Waals surface area contributed by atoms with Crippen molar-refractivity contribution in [1.29, 1.82) is 0 Å². The van der Waals surface area contributed by atoms with E-state index in [1.807, 2.05) is 44.2 Å². The van der Waals surface area contributed by atoms with Crippen LogP contribution < -0.4 is 10.1 Å². The topological polar surface area (TPSA) is 47.6 Å². The minimum atomic E-state index is -0.460. The molecule has 4 nitrogen and oxygen atoms in total. The van der Waals surface area contributed by atoms with Gasteiger partial charge in [-0.25, -0.2) is 4.79 Å². The van der Waals surface area contributed by atoms with Crippen molar-refractivity contribution in [3.63, 3.8) is 0 Å². The lowest BCUT2D eigenvalue weighted by Crippen LogP contribution is -2.42. The van der Waals surface area contributed by atoms with E-state index in [1.54, 1.807) is 24.3 Å². The van der Waals surface area contributed by atoms with E-state index in [0.717, 1.165) is 31.7 Å². The normalized spacial score (nSPS) is 15.6. The highest BCUT2D eigenvalue weighted by Gasteiger charge is 2.34. The van der Waals surface area contributed by atoms with Crippen LogP contribution >= 0.6 is 0 Å². The number of benzene rings is 2.